The van der Waals surface area contributed by atoms with E-state index in [2.05, 4.69) is 15.5 Å². The van der Waals surface area contributed by atoms with E-state index in [1.54, 1.807) is 24.3 Å². The second-order valence-corrected chi connectivity index (χ2v) is 5.98. The highest BCUT2D eigenvalue weighted by Gasteiger charge is 2.34. The number of carbonyl (C=O) groups excluding carboxylic acids is 2. The molecule has 1 atom stereocenters. The maximum absolute atomic E-state index is 12.1. The van der Waals surface area contributed by atoms with Crippen LogP contribution in [0.5, 0.6) is 0 Å². The molecule has 3 heterocycles. The molecule has 3 saturated heterocycles. The molecule has 1 aromatic rings. The van der Waals surface area contributed by atoms with E-state index < -0.39 is 0 Å². The monoisotopic (exact) mass is 287 g/mol. The van der Waals surface area contributed by atoms with E-state index in [1.165, 1.54) is 19.8 Å². The summed E-state index contributed by atoms with van der Waals surface area (Å²) in [5, 5.41) is 5.91. The summed E-state index contributed by atoms with van der Waals surface area (Å²) in [7, 11) is 0. The summed E-state index contributed by atoms with van der Waals surface area (Å²) < 4.78 is 0. The summed E-state index contributed by atoms with van der Waals surface area (Å²) in [6.45, 7) is 4.82. The van der Waals surface area contributed by atoms with Gasteiger partial charge in [-0.15, -0.1) is 0 Å². The Kier molecular flexibility index (Phi) is 3.92. The van der Waals surface area contributed by atoms with Gasteiger partial charge >= 0.3 is 6.03 Å². The third-order valence-electron chi connectivity index (χ3n) is 4.52. The number of benzene rings is 1. The number of Topliss-reactive ketones (excluding diaryl/α,β-unsaturated/α-hetero) is 1. The molecule has 2 amide bonds. The normalized spacial score (nSPS) is 27.2. The van der Waals surface area contributed by atoms with Gasteiger partial charge in [0.2, 0.25) is 0 Å². The summed E-state index contributed by atoms with van der Waals surface area (Å²) in [6, 6.07) is 7.06. The van der Waals surface area contributed by atoms with E-state index in [4.69, 9.17) is 0 Å². The van der Waals surface area contributed by atoms with Gasteiger partial charge in [0.1, 0.15) is 0 Å². The summed E-state index contributed by atoms with van der Waals surface area (Å²) in [4.78, 5) is 25.7. The molecule has 3 fully saturated rings. The molecule has 2 bridgehead atoms. The van der Waals surface area contributed by atoms with Crippen LogP contribution >= 0.6 is 0 Å². The van der Waals surface area contributed by atoms with Crippen molar-refractivity contribution >= 4 is 17.5 Å². The first kappa shape index (κ1) is 14.1. The molecule has 1 aromatic carbocycles. The average molecular weight is 287 g/mol. The zero-order chi connectivity index (χ0) is 14.8. The molecule has 21 heavy (non-hydrogen) atoms. The molecule has 5 heteroatoms. The number of nitrogens with one attached hydrogen (secondary N) is 2. The van der Waals surface area contributed by atoms with Gasteiger partial charge in [0, 0.05) is 23.8 Å². The van der Waals surface area contributed by atoms with Crippen molar-refractivity contribution in [2.24, 2.45) is 5.92 Å². The SMILES string of the molecule is CC(=O)c1ccc(NC(=O)NC2CN3CCC2CC3)cc1. The molecule has 3 aliphatic heterocycles. The number of urea groups is 1. The van der Waals surface area contributed by atoms with E-state index in [0.29, 0.717) is 17.2 Å². The van der Waals surface area contributed by atoms with E-state index in [9.17, 15) is 9.59 Å². The van der Waals surface area contributed by atoms with Crippen LogP contribution in [-0.2, 0) is 0 Å². The zero-order valence-electron chi connectivity index (χ0n) is 12.3. The first-order valence-corrected chi connectivity index (χ1v) is 7.53. The number of hydrogen-bond donors (Lipinski definition) is 2. The molecule has 0 aromatic heterocycles. The number of rotatable bonds is 3. The summed E-state index contributed by atoms with van der Waals surface area (Å²) >= 11 is 0. The number of piperidine rings is 3. The second-order valence-electron chi connectivity index (χ2n) is 5.98. The van der Waals surface area contributed by atoms with Gasteiger partial charge in [-0.1, -0.05) is 0 Å². The molecular weight excluding hydrogens is 266 g/mol. The van der Waals surface area contributed by atoms with Crippen LogP contribution in [0.4, 0.5) is 10.5 Å². The minimum Gasteiger partial charge on any atom is -0.334 e. The van der Waals surface area contributed by atoms with Crippen molar-refractivity contribution in [1.82, 2.24) is 10.2 Å². The standard InChI is InChI=1S/C16H21N3O2/c1-11(20)12-2-4-14(5-3-12)17-16(21)18-15-10-19-8-6-13(15)7-9-19/h2-5,13,15H,6-10H2,1H3,(H2,17,18,21). The van der Waals surface area contributed by atoms with Gasteiger partial charge < -0.3 is 15.5 Å². The van der Waals surface area contributed by atoms with Crippen LogP contribution in [0.25, 0.3) is 0 Å². The molecule has 4 rings (SSSR count). The van der Waals surface area contributed by atoms with E-state index in [0.717, 1.165) is 19.6 Å². The number of nitrogens with zero attached hydrogens (tertiary/aromatic N) is 1. The minimum absolute atomic E-state index is 0.0262. The van der Waals surface area contributed by atoms with Crippen molar-refractivity contribution in [3.63, 3.8) is 0 Å². The number of fused-ring (bicyclic) bond motifs is 3. The smallest absolute Gasteiger partial charge is 0.319 e. The van der Waals surface area contributed by atoms with Crippen LogP contribution in [0.3, 0.4) is 0 Å². The number of carbonyl (C=O) groups is 2. The number of anilines is 1. The molecule has 0 aliphatic carbocycles. The van der Waals surface area contributed by atoms with Crippen LogP contribution in [0.2, 0.25) is 0 Å². The lowest BCUT2D eigenvalue weighted by Crippen LogP contribution is -2.57. The largest absolute Gasteiger partial charge is 0.334 e. The number of ketones is 1. The van der Waals surface area contributed by atoms with Crippen LogP contribution in [0.1, 0.15) is 30.1 Å². The predicted molar refractivity (Wildman–Crippen MR) is 81.6 cm³/mol. The fourth-order valence-corrected chi connectivity index (χ4v) is 3.25. The highest BCUT2D eigenvalue weighted by molar-refractivity contribution is 5.95. The first-order valence-electron chi connectivity index (χ1n) is 7.53. The van der Waals surface area contributed by atoms with Crippen molar-refractivity contribution in [2.75, 3.05) is 25.0 Å². The van der Waals surface area contributed by atoms with E-state index >= 15 is 0 Å². The Labute approximate surface area is 124 Å². The highest BCUT2D eigenvalue weighted by Crippen LogP contribution is 2.27. The number of hydrogen-bond acceptors (Lipinski definition) is 3. The third-order valence-corrected chi connectivity index (χ3v) is 4.52. The molecule has 2 N–H and O–H groups in total. The van der Waals surface area contributed by atoms with Gasteiger partial charge in [0.05, 0.1) is 0 Å². The Balaban J connectivity index is 1.55. The maximum Gasteiger partial charge on any atom is 0.319 e. The minimum atomic E-state index is -0.163. The van der Waals surface area contributed by atoms with Crippen LogP contribution in [0.15, 0.2) is 24.3 Å². The van der Waals surface area contributed by atoms with E-state index in [-0.39, 0.29) is 17.9 Å². The fraction of sp³-hybridized carbons (Fsp3) is 0.500. The van der Waals surface area contributed by atoms with Crippen molar-refractivity contribution < 1.29 is 9.59 Å². The van der Waals surface area contributed by atoms with Crippen molar-refractivity contribution in [1.29, 1.82) is 0 Å². The zero-order valence-corrected chi connectivity index (χ0v) is 12.3. The summed E-state index contributed by atoms with van der Waals surface area (Å²) in [5.74, 6) is 0.638. The molecule has 5 nitrogen and oxygen atoms in total. The van der Waals surface area contributed by atoms with Crippen LogP contribution in [0, 0.1) is 5.92 Å². The van der Waals surface area contributed by atoms with Crippen molar-refractivity contribution in [3.05, 3.63) is 29.8 Å². The number of amides is 2. The lowest BCUT2D eigenvalue weighted by molar-refractivity contribution is 0.0777. The van der Waals surface area contributed by atoms with Gasteiger partial charge in [0.15, 0.2) is 5.78 Å². The topological polar surface area (TPSA) is 61.4 Å². The lowest BCUT2D eigenvalue weighted by atomic mass is 9.84. The molecule has 0 radical (unpaired) electrons. The van der Waals surface area contributed by atoms with Crippen molar-refractivity contribution in [2.45, 2.75) is 25.8 Å². The Morgan fingerprint density at radius 1 is 1.14 bits per heavy atom. The third kappa shape index (κ3) is 3.24. The average Bonchev–Trinajstić information content (AvgIpc) is 2.49. The highest BCUT2D eigenvalue weighted by atomic mass is 16.2. The summed E-state index contributed by atoms with van der Waals surface area (Å²) in [6.07, 6.45) is 2.36. The molecule has 0 saturated carbocycles. The fourth-order valence-electron chi connectivity index (χ4n) is 3.25. The van der Waals surface area contributed by atoms with Crippen molar-refractivity contribution in [3.8, 4) is 0 Å². The van der Waals surface area contributed by atoms with Gasteiger partial charge in [-0.05, 0) is 63.0 Å². The Bertz CT molecular complexity index is 533. The van der Waals surface area contributed by atoms with Gasteiger partial charge in [-0.2, -0.15) is 0 Å². The maximum atomic E-state index is 12.1. The first-order chi connectivity index (χ1) is 10.1. The summed E-state index contributed by atoms with van der Waals surface area (Å²) in [5.41, 5.74) is 1.36. The predicted octanol–water partition coefficient (Wildman–Crippen LogP) is 2.10. The molecule has 112 valence electrons. The quantitative estimate of drug-likeness (QED) is 0.837. The molecule has 3 aliphatic rings. The Morgan fingerprint density at radius 3 is 2.33 bits per heavy atom. The van der Waals surface area contributed by atoms with Gasteiger partial charge in [-0.3, -0.25) is 4.79 Å². The Morgan fingerprint density at radius 2 is 1.81 bits per heavy atom. The van der Waals surface area contributed by atoms with Crippen LogP contribution in [-0.4, -0.2) is 42.4 Å². The molecule has 0 spiro atoms. The lowest BCUT2D eigenvalue weighted by Gasteiger charge is -2.44. The second kappa shape index (κ2) is 5.85. The van der Waals surface area contributed by atoms with Crippen LogP contribution < -0.4 is 10.6 Å². The molecule has 1 unspecified atom stereocenters. The molecular formula is C16H21N3O2. The Hall–Kier alpha value is -1.88. The van der Waals surface area contributed by atoms with Gasteiger partial charge in [0.25, 0.3) is 0 Å². The van der Waals surface area contributed by atoms with Gasteiger partial charge in [-0.25, -0.2) is 4.79 Å². The van der Waals surface area contributed by atoms with E-state index in [1.807, 2.05) is 0 Å².